The molecule has 47 heavy (non-hydrogen) atoms. The lowest BCUT2D eigenvalue weighted by Crippen LogP contribution is -2.48. The quantitative estimate of drug-likeness (QED) is 0.0917. The van der Waals surface area contributed by atoms with Crippen molar-refractivity contribution in [3.63, 3.8) is 0 Å². The number of halogens is 2. The van der Waals surface area contributed by atoms with E-state index in [1.807, 2.05) is 36.9 Å². The van der Waals surface area contributed by atoms with E-state index >= 15 is 0 Å². The fourth-order valence-corrected chi connectivity index (χ4v) is 8.61. The molecule has 3 aromatic rings. The maximum absolute atomic E-state index is 14.4. The highest BCUT2D eigenvalue weighted by Crippen LogP contribution is 2.58. The Morgan fingerprint density at radius 1 is 0.872 bits per heavy atom. The molecule has 2 aliphatic rings. The lowest BCUT2D eigenvalue weighted by molar-refractivity contribution is 0.0682. The van der Waals surface area contributed by atoms with Crippen molar-refractivity contribution < 1.29 is 9.53 Å². The second-order valence-electron chi connectivity index (χ2n) is 12.5. The number of benzene rings is 3. The van der Waals surface area contributed by atoms with Crippen LogP contribution < -0.4 is 19.9 Å². The van der Waals surface area contributed by atoms with Crippen molar-refractivity contribution in [1.29, 1.82) is 0 Å². The van der Waals surface area contributed by atoms with Gasteiger partial charge in [-0.1, -0.05) is 37.3 Å². The zero-order chi connectivity index (χ0) is 33.8. The summed E-state index contributed by atoms with van der Waals surface area (Å²) in [4.78, 5) is 20.6. The Bertz CT molecular complexity index is 1480. The molecule has 0 saturated carbocycles. The molecule has 1 amide bonds. The Hall–Kier alpha value is -2.58. The highest BCUT2D eigenvalue weighted by atomic mass is 35.5. The first-order valence-electron chi connectivity index (χ1n) is 17.2. The second kappa shape index (κ2) is 15.3. The summed E-state index contributed by atoms with van der Waals surface area (Å²) in [7, 11) is 0. The average Bonchev–Trinajstić information content (AvgIpc) is 3.31. The lowest BCUT2D eigenvalue weighted by Gasteiger charge is -2.45. The van der Waals surface area contributed by atoms with Crippen LogP contribution in [0.3, 0.4) is 0 Å². The van der Waals surface area contributed by atoms with Gasteiger partial charge in [0.25, 0.3) is 5.91 Å². The molecule has 5 rings (SSSR count). The van der Waals surface area contributed by atoms with E-state index in [0.717, 1.165) is 95.8 Å². The number of rotatable bonds is 16. The molecule has 2 heterocycles. The van der Waals surface area contributed by atoms with Crippen molar-refractivity contribution in [2.75, 3.05) is 60.6 Å². The van der Waals surface area contributed by atoms with Crippen LogP contribution in [0.5, 0.6) is 11.5 Å². The first-order valence-corrected chi connectivity index (χ1v) is 19.2. The number of thioether (sulfide) groups is 1. The molecule has 6 nitrogen and oxygen atoms in total. The minimum absolute atomic E-state index is 0.0491. The van der Waals surface area contributed by atoms with Gasteiger partial charge in [-0.3, -0.25) is 10.1 Å². The summed E-state index contributed by atoms with van der Waals surface area (Å²) in [6.07, 6.45) is 1.59. The maximum atomic E-state index is 14.4. The molecule has 0 saturated heterocycles. The molecule has 1 N–H and O–H groups in total. The number of anilines is 2. The summed E-state index contributed by atoms with van der Waals surface area (Å²) >= 11 is 14.9. The van der Waals surface area contributed by atoms with Crippen LogP contribution in [0.25, 0.3) is 0 Å². The highest BCUT2D eigenvalue weighted by Gasteiger charge is 2.56. The van der Waals surface area contributed by atoms with Gasteiger partial charge >= 0.3 is 0 Å². The van der Waals surface area contributed by atoms with Gasteiger partial charge in [0, 0.05) is 96.3 Å². The van der Waals surface area contributed by atoms with Crippen LogP contribution >= 0.6 is 35.0 Å². The Labute approximate surface area is 296 Å². The number of hydrogen-bond acceptors (Lipinski definition) is 6. The standard InChI is InChI=1S/C38H50Cl2N4O2S/c1-7-27(39)26-37(6,40)41-20-22-47-23-21-44-36(45)30-14-12-13-15-31(30)38(44)32-18-16-28(42(8-2)9-3)24-34(32)46-35-25-29(17-19-33(35)38)43(10-4)11-5/h12-19,24-25,27,41H,7-11,20-23,26H2,1-6H3. The number of carbonyl (C=O) groups is 1. The minimum atomic E-state index is -0.802. The zero-order valence-corrected chi connectivity index (χ0v) is 31.1. The lowest BCUT2D eigenvalue weighted by atomic mass is 9.74. The van der Waals surface area contributed by atoms with E-state index in [4.69, 9.17) is 27.9 Å². The van der Waals surface area contributed by atoms with Crippen molar-refractivity contribution in [2.24, 2.45) is 0 Å². The molecule has 254 valence electrons. The summed E-state index contributed by atoms with van der Waals surface area (Å²) in [5.74, 6) is 3.32. The highest BCUT2D eigenvalue weighted by molar-refractivity contribution is 7.99. The smallest absolute Gasteiger partial charge is 0.255 e. The fraction of sp³-hybridized carbons (Fsp3) is 0.500. The van der Waals surface area contributed by atoms with Gasteiger partial charge in [0.05, 0.1) is 5.00 Å². The number of amides is 1. The third-order valence-electron chi connectivity index (χ3n) is 9.63. The Kier molecular flexibility index (Phi) is 11.6. The van der Waals surface area contributed by atoms with Gasteiger partial charge in [-0.05, 0) is 71.2 Å². The minimum Gasteiger partial charge on any atom is -0.456 e. The van der Waals surface area contributed by atoms with E-state index in [1.54, 1.807) is 0 Å². The number of fused-ring (bicyclic) bond motifs is 6. The SMILES string of the molecule is CCC(Cl)CC(C)(Cl)NCCSCCN1C(=O)c2ccccc2C12c1ccc(N(CC)CC)cc1Oc1cc(N(CC)CC)ccc12. The largest absolute Gasteiger partial charge is 0.456 e. The normalized spacial score (nSPS) is 16.3. The molecule has 0 aromatic heterocycles. The Morgan fingerprint density at radius 3 is 2.00 bits per heavy atom. The van der Waals surface area contributed by atoms with E-state index in [9.17, 15) is 4.79 Å². The van der Waals surface area contributed by atoms with E-state index in [0.29, 0.717) is 13.0 Å². The van der Waals surface area contributed by atoms with Gasteiger partial charge in [0.15, 0.2) is 0 Å². The van der Waals surface area contributed by atoms with Crippen molar-refractivity contribution in [1.82, 2.24) is 10.2 Å². The third kappa shape index (κ3) is 6.96. The van der Waals surface area contributed by atoms with Crippen LogP contribution in [-0.4, -0.2) is 72.0 Å². The number of nitrogens with one attached hydrogen (secondary N) is 1. The van der Waals surface area contributed by atoms with E-state index < -0.39 is 10.5 Å². The van der Waals surface area contributed by atoms with Crippen LogP contribution in [0.2, 0.25) is 0 Å². The van der Waals surface area contributed by atoms with Crippen LogP contribution in [-0.2, 0) is 5.54 Å². The first kappa shape index (κ1) is 35.7. The summed E-state index contributed by atoms with van der Waals surface area (Å²) in [5.41, 5.74) is 5.21. The molecule has 0 bridgehead atoms. The number of carbonyl (C=O) groups excluding carboxylic acids is 1. The maximum Gasteiger partial charge on any atom is 0.255 e. The predicted octanol–water partition coefficient (Wildman–Crippen LogP) is 8.92. The van der Waals surface area contributed by atoms with Gasteiger partial charge in [-0.15, -0.1) is 23.2 Å². The summed E-state index contributed by atoms with van der Waals surface area (Å²) in [6, 6.07) is 21.2. The topological polar surface area (TPSA) is 48.1 Å². The van der Waals surface area contributed by atoms with Gasteiger partial charge in [-0.2, -0.15) is 11.8 Å². The van der Waals surface area contributed by atoms with Crippen molar-refractivity contribution in [3.8, 4) is 11.5 Å². The number of nitrogens with zero attached hydrogens (tertiary/aromatic N) is 3. The van der Waals surface area contributed by atoms with Gasteiger partial charge in [0.1, 0.15) is 17.0 Å². The number of hydrogen-bond donors (Lipinski definition) is 1. The van der Waals surface area contributed by atoms with Crippen molar-refractivity contribution in [2.45, 2.75) is 70.3 Å². The Balaban J connectivity index is 1.53. The van der Waals surface area contributed by atoms with Gasteiger partial charge in [0.2, 0.25) is 0 Å². The average molecular weight is 698 g/mol. The first-order chi connectivity index (χ1) is 22.6. The molecule has 0 aliphatic carbocycles. The van der Waals surface area contributed by atoms with E-state index in [-0.39, 0.29) is 11.3 Å². The van der Waals surface area contributed by atoms with Gasteiger partial charge in [-0.25, -0.2) is 0 Å². The van der Waals surface area contributed by atoms with Crippen molar-refractivity contribution >= 4 is 52.2 Å². The molecule has 9 heteroatoms. The molecule has 2 atom stereocenters. The van der Waals surface area contributed by atoms with Gasteiger partial charge < -0.3 is 19.4 Å². The molecule has 2 aliphatic heterocycles. The molecule has 0 radical (unpaired) electrons. The molecular weight excluding hydrogens is 647 g/mol. The van der Waals surface area contributed by atoms with Crippen LogP contribution in [0.15, 0.2) is 60.7 Å². The predicted molar refractivity (Wildman–Crippen MR) is 202 cm³/mol. The van der Waals surface area contributed by atoms with Crippen LogP contribution in [0, 0.1) is 0 Å². The third-order valence-corrected chi connectivity index (χ3v) is 11.3. The van der Waals surface area contributed by atoms with E-state index in [1.165, 1.54) is 0 Å². The van der Waals surface area contributed by atoms with E-state index in [2.05, 4.69) is 97.1 Å². The molecule has 2 unspecified atom stereocenters. The summed E-state index contributed by atoms with van der Waals surface area (Å²) in [5, 5.41) is 3.51. The molecule has 0 fully saturated rings. The Morgan fingerprint density at radius 2 is 1.45 bits per heavy atom. The summed E-state index contributed by atoms with van der Waals surface area (Å²) < 4.78 is 6.82. The number of alkyl halides is 2. The zero-order valence-electron chi connectivity index (χ0n) is 28.7. The molecule has 1 spiro atoms. The monoisotopic (exact) mass is 696 g/mol. The molecule has 3 aromatic carbocycles. The second-order valence-corrected chi connectivity index (χ2v) is 15.1. The fourth-order valence-electron chi connectivity index (χ4n) is 7.18. The van der Waals surface area contributed by atoms with Crippen molar-refractivity contribution in [3.05, 3.63) is 82.9 Å². The summed E-state index contributed by atoms with van der Waals surface area (Å²) in [6.45, 7) is 17.7. The molecular formula is C38H50Cl2N4O2S. The van der Waals surface area contributed by atoms with Crippen LogP contribution in [0.4, 0.5) is 11.4 Å². The van der Waals surface area contributed by atoms with Crippen LogP contribution in [0.1, 0.15) is 81.4 Å². The number of ether oxygens (including phenoxy) is 1.